The first-order chi connectivity index (χ1) is 20.4. The molecule has 3 aromatic rings. The second-order valence-corrected chi connectivity index (χ2v) is 12.9. The van der Waals surface area contributed by atoms with Gasteiger partial charge in [-0.3, -0.25) is 4.79 Å². The van der Waals surface area contributed by atoms with Crippen molar-refractivity contribution in [2.24, 2.45) is 5.92 Å². The van der Waals surface area contributed by atoms with Crippen molar-refractivity contribution in [2.75, 3.05) is 44.5 Å². The van der Waals surface area contributed by atoms with Gasteiger partial charge in [0.05, 0.1) is 36.8 Å². The molecule has 13 heteroatoms. The van der Waals surface area contributed by atoms with Crippen molar-refractivity contribution in [2.45, 2.75) is 30.9 Å². The van der Waals surface area contributed by atoms with E-state index in [-0.39, 0.29) is 47.7 Å². The van der Waals surface area contributed by atoms with Crippen molar-refractivity contribution >= 4 is 44.9 Å². The van der Waals surface area contributed by atoms with Crippen LogP contribution in [0, 0.1) is 5.92 Å². The summed E-state index contributed by atoms with van der Waals surface area (Å²) in [6.07, 6.45) is -0.649. The van der Waals surface area contributed by atoms with Gasteiger partial charge in [-0.15, -0.1) is 0 Å². The quantitative estimate of drug-likeness (QED) is 0.316. The van der Waals surface area contributed by atoms with Crippen molar-refractivity contribution in [3.8, 4) is 11.5 Å². The van der Waals surface area contributed by atoms with Gasteiger partial charge in [0, 0.05) is 35.9 Å². The molecule has 1 heterocycles. The van der Waals surface area contributed by atoms with Crippen molar-refractivity contribution in [1.29, 1.82) is 0 Å². The molecule has 0 bridgehead atoms. The van der Waals surface area contributed by atoms with Crippen molar-refractivity contribution < 1.29 is 32.6 Å². The third-order valence-electron chi connectivity index (χ3n) is 7.23. The highest BCUT2D eigenvalue weighted by Gasteiger charge is 2.35. The van der Waals surface area contributed by atoms with Crippen LogP contribution in [-0.4, -0.2) is 80.7 Å². The molecule has 3 aromatic carbocycles. The van der Waals surface area contributed by atoms with Crippen LogP contribution in [0.15, 0.2) is 71.6 Å². The van der Waals surface area contributed by atoms with E-state index in [0.29, 0.717) is 22.1 Å². The third-order valence-corrected chi connectivity index (χ3v) is 9.32. The number of amides is 3. The summed E-state index contributed by atoms with van der Waals surface area (Å²) >= 11 is 5.94. The minimum atomic E-state index is -3.86. The molecule has 0 aliphatic carbocycles. The molecule has 3 N–H and O–H groups in total. The number of aliphatic hydroxyl groups is 1. The minimum absolute atomic E-state index is 0.00856. The fourth-order valence-corrected chi connectivity index (χ4v) is 5.93. The summed E-state index contributed by atoms with van der Waals surface area (Å²) in [6.45, 7) is 3.51. The summed E-state index contributed by atoms with van der Waals surface area (Å²) in [7, 11) is -0.845. The molecule has 3 amide bonds. The molecule has 0 unspecified atom stereocenters. The molecule has 0 saturated heterocycles. The molecule has 0 spiro atoms. The van der Waals surface area contributed by atoms with Crippen LogP contribution in [0.1, 0.15) is 24.2 Å². The summed E-state index contributed by atoms with van der Waals surface area (Å²) in [5.41, 5.74) is 1.05. The highest BCUT2D eigenvalue weighted by Crippen LogP contribution is 2.31. The van der Waals surface area contributed by atoms with Crippen LogP contribution in [-0.2, 0) is 10.0 Å². The molecule has 43 heavy (non-hydrogen) atoms. The maximum Gasteiger partial charge on any atom is 0.323 e. The van der Waals surface area contributed by atoms with Crippen LogP contribution < -0.4 is 20.1 Å². The SMILES string of the molecule is COc1ccc(NC(=O)Nc2ccc3c(c2)C(=O)N([C@H](C)CO)C[C@@H](C)[C@@H](CN(C)S(=O)(=O)c2ccc(Cl)cc2)O3)cc1. The Morgan fingerprint density at radius 2 is 1.74 bits per heavy atom. The van der Waals surface area contributed by atoms with Crippen LogP contribution >= 0.6 is 11.6 Å². The lowest BCUT2D eigenvalue weighted by atomic mass is 9.99. The van der Waals surface area contributed by atoms with Gasteiger partial charge in [0.15, 0.2) is 0 Å². The number of fused-ring (bicyclic) bond motifs is 1. The van der Waals surface area contributed by atoms with Gasteiger partial charge in [0.1, 0.15) is 17.6 Å². The Hall–Kier alpha value is -3.84. The molecule has 3 atom stereocenters. The lowest BCUT2D eigenvalue weighted by molar-refractivity contribution is 0.0387. The molecule has 4 rings (SSSR count). The van der Waals surface area contributed by atoms with Gasteiger partial charge < -0.3 is 30.1 Å². The maximum absolute atomic E-state index is 13.7. The number of anilines is 2. The van der Waals surface area contributed by atoms with Crippen LogP contribution in [0.3, 0.4) is 0 Å². The molecular weight excluding hydrogens is 596 g/mol. The topological polar surface area (TPSA) is 138 Å². The number of carbonyl (C=O) groups excluding carboxylic acids is 2. The third kappa shape index (κ3) is 7.57. The Kier molecular flexibility index (Phi) is 10.2. The molecule has 0 fully saturated rings. The van der Waals surface area contributed by atoms with E-state index >= 15 is 0 Å². The van der Waals surface area contributed by atoms with Gasteiger partial charge in [-0.25, -0.2) is 13.2 Å². The Labute approximate surface area is 256 Å². The maximum atomic E-state index is 13.7. The summed E-state index contributed by atoms with van der Waals surface area (Å²) in [6, 6.07) is 16.3. The van der Waals surface area contributed by atoms with E-state index in [1.807, 2.05) is 6.92 Å². The van der Waals surface area contributed by atoms with E-state index in [1.165, 1.54) is 46.6 Å². The largest absolute Gasteiger partial charge is 0.497 e. The highest BCUT2D eigenvalue weighted by molar-refractivity contribution is 7.89. The first-order valence-electron chi connectivity index (χ1n) is 13.6. The van der Waals surface area contributed by atoms with Gasteiger partial charge in [0.25, 0.3) is 5.91 Å². The minimum Gasteiger partial charge on any atom is -0.497 e. The van der Waals surface area contributed by atoms with E-state index in [0.717, 1.165) is 0 Å². The molecule has 0 aromatic heterocycles. The van der Waals surface area contributed by atoms with Crippen LogP contribution in [0.25, 0.3) is 0 Å². The average molecular weight is 631 g/mol. The second kappa shape index (κ2) is 13.6. The Balaban J connectivity index is 1.59. The van der Waals surface area contributed by atoms with Gasteiger partial charge in [0.2, 0.25) is 10.0 Å². The second-order valence-electron chi connectivity index (χ2n) is 10.4. The number of ether oxygens (including phenoxy) is 2. The molecule has 230 valence electrons. The lowest BCUT2D eigenvalue weighted by Crippen LogP contribution is -2.50. The Bertz CT molecular complexity index is 1550. The standard InChI is InChI=1S/C30H35ClN4O7S/c1-19-16-35(20(2)18-36)29(37)26-15-23(33-30(38)32-22-7-10-24(41-4)11-8-22)9-14-27(26)42-28(19)17-34(3)43(39,40)25-12-5-21(31)6-13-25/h5-15,19-20,28,36H,16-18H2,1-4H3,(H2,32,33,38)/t19-,20-,28-/m1/s1. The number of rotatable bonds is 9. The zero-order chi connectivity index (χ0) is 31.3. The van der Waals surface area contributed by atoms with E-state index < -0.39 is 28.2 Å². The number of sulfonamides is 1. The van der Waals surface area contributed by atoms with Crippen LogP contribution in [0.2, 0.25) is 5.02 Å². The first-order valence-corrected chi connectivity index (χ1v) is 15.4. The number of methoxy groups -OCH3 is 1. The number of urea groups is 1. The fraction of sp³-hybridized carbons (Fsp3) is 0.333. The van der Waals surface area contributed by atoms with Gasteiger partial charge in [-0.1, -0.05) is 18.5 Å². The van der Waals surface area contributed by atoms with E-state index in [1.54, 1.807) is 50.4 Å². The first kappa shape index (κ1) is 32.1. The zero-order valence-corrected chi connectivity index (χ0v) is 25.9. The number of aliphatic hydroxyl groups excluding tert-OH is 1. The molecule has 1 aliphatic rings. The number of benzene rings is 3. The predicted octanol–water partition coefficient (Wildman–Crippen LogP) is 4.53. The zero-order valence-electron chi connectivity index (χ0n) is 24.3. The Morgan fingerprint density at radius 3 is 2.37 bits per heavy atom. The van der Waals surface area contributed by atoms with Crippen molar-refractivity contribution in [3.63, 3.8) is 0 Å². The van der Waals surface area contributed by atoms with Crippen LogP contribution in [0.5, 0.6) is 11.5 Å². The molecule has 1 aliphatic heterocycles. The number of likely N-dealkylation sites (N-methyl/N-ethyl adjacent to an activating group) is 1. The number of carbonyl (C=O) groups is 2. The number of nitrogens with one attached hydrogen (secondary N) is 2. The van der Waals surface area contributed by atoms with E-state index in [9.17, 15) is 23.1 Å². The normalized spacial score (nSPS) is 17.7. The number of hydrogen-bond acceptors (Lipinski definition) is 7. The van der Waals surface area contributed by atoms with E-state index in [2.05, 4.69) is 10.6 Å². The summed E-state index contributed by atoms with van der Waals surface area (Å²) in [5, 5.41) is 15.8. The average Bonchev–Trinajstić information content (AvgIpc) is 2.99. The van der Waals surface area contributed by atoms with Gasteiger partial charge in [-0.05, 0) is 73.7 Å². The number of halogens is 1. The van der Waals surface area contributed by atoms with Gasteiger partial charge >= 0.3 is 6.03 Å². The highest BCUT2D eigenvalue weighted by atomic mass is 35.5. The number of hydrogen-bond donors (Lipinski definition) is 3. The van der Waals surface area contributed by atoms with E-state index in [4.69, 9.17) is 21.1 Å². The van der Waals surface area contributed by atoms with Crippen molar-refractivity contribution in [3.05, 3.63) is 77.3 Å². The summed E-state index contributed by atoms with van der Waals surface area (Å²) in [4.78, 5) is 28.0. The number of nitrogens with zero attached hydrogens (tertiary/aromatic N) is 2. The lowest BCUT2D eigenvalue weighted by Gasteiger charge is -2.38. The fourth-order valence-electron chi connectivity index (χ4n) is 4.62. The molecule has 0 saturated carbocycles. The molecular formula is C30H35ClN4O7S. The summed E-state index contributed by atoms with van der Waals surface area (Å²) < 4.78 is 39.2. The smallest absolute Gasteiger partial charge is 0.323 e. The molecule has 0 radical (unpaired) electrons. The Morgan fingerprint density at radius 1 is 1.12 bits per heavy atom. The molecule has 11 nitrogen and oxygen atoms in total. The monoisotopic (exact) mass is 630 g/mol. The van der Waals surface area contributed by atoms with Crippen molar-refractivity contribution in [1.82, 2.24) is 9.21 Å². The predicted molar refractivity (Wildman–Crippen MR) is 165 cm³/mol. The summed E-state index contributed by atoms with van der Waals surface area (Å²) in [5.74, 6) is 0.189. The van der Waals surface area contributed by atoms with Gasteiger partial charge in [-0.2, -0.15) is 4.31 Å². The van der Waals surface area contributed by atoms with Crippen LogP contribution in [0.4, 0.5) is 16.2 Å².